The second-order valence-electron chi connectivity index (χ2n) is 5.12. The van der Waals surface area contributed by atoms with E-state index < -0.39 is 19.9 Å². The van der Waals surface area contributed by atoms with E-state index in [1.165, 1.54) is 56.7 Å². The van der Waals surface area contributed by atoms with Gasteiger partial charge >= 0.3 is 0 Å². The average molecular weight is 408 g/mol. The van der Waals surface area contributed by atoms with Gasteiger partial charge in [-0.1, -0.05) is 0 Å². The van der Waals surface area contributed by atoms with Gasteiger partial charge in [-0.2, -0.15) is 5.26 Å². The number of nitrogens with one attached hydrogen (secondary N) is 1. The molecule has 27 heavy (non-hydrogen) atoms. The van der Waals surface area contributed by atoms with Gasteiger partial charge in [-0.25, -0.2) is 16.8 Å². The molecule has 1 N–H and O–H groups in total. The molecular weight excluding hydrogens is 392 g/mol. The fraction of sp³-hybridized carbons (Fsp3) is 0.118. The van der Waals surface area contributed by atoms with Gasteiger partial charge in [-0.15, -0.1) is 0 Å². The summed E-state index contributed by atoms with van der Waals surface area (Å²) in [6, 6.07) is 10.8. The zero-order valence-electron chi connectivity index (χ0n) is 14.4. The zero-order valence-corrected chi connectivity index (χ0v) is 16.0. The number of nitrogens with zero attached hydrogens (tertiary/aromatic N) is 1. The smallest absolute Gasteiger partial charge is 0.262 e. The normalized spacial score (nSPS) is 11.7. The third-order valence-electron chi connectivity index (χ3n) is 3.42. The fourth-order valence-electron chi connectivity index (χ4n) is 2.11. The minimum absolute atomic E-state index is 0.0474. The van der Waals surface area contributed by atoms with Gasteiger partial charge < -0.3 is 9.47 Å². The summed E-state index contributed by atoms with van der Waals surface area (Å²) in [5.74, 6) is 0.641. The van der Waals surface area contributed by atoms with Gasteiger partial charge in [-0.05, 0) is 36.4 Å². The molecule has 0 unspecified atom stereocenters. The standard InChI is InChI=1S/C17H16N2O6S2/c1-24-16-9-8-15(12-17(16)25-2)27(22,23)19-13-4-6-14(7-5-13)26(20,21)11-3-10-18/h3-9,11-12,19H,1-2H3. The Bertz CT molecular complexity index is 1100. The van der Waals surface area contributed by atoms with Crippen LogP contribution in [0.15, 0.2) is 63.7 Å². The van der Waals surface area contributed by atoms with E-state index >= 15 is 0 Å². The predicted molar refractivity (Wildman–Crippen MR) is 98.7 cm³/mol. The molecule has 0 bridgehead atoms. The lowest BCUT2D eigenvalue weighted by atomic mass is 10.3. The lowest BCUT2D eigenvalue weighted by molar-refractivity contribution is 0.354. The Balaban J connectivity index is 2.29. The minimum atomic E-state index is -3.93. The van der Waals surface area contributed by atoms with Crippen LogP contribution in [0.1, 0.15) is 0 Å². The quantitative estimate of drug-likeness (QED) is 0.697. The molecule has 142 valence electrons. The molecule has 2 aromatic carbocycles. The molecular formula is C17H16N2O6S2. The van der Waals surface area contributed by atoms with Crippen LogP contribution < -0.4 is 14.2 Å². The first kappa shape index (κ1) is 20.3. The predicted octanol–water partition coefficient (Wildman–Crippen LogP) is 2.32. The second kappa shape index (κ2) is 8.11. The second-order valence-corrected chi connectivity index (χ2v) is 8.64. The van der Waals surface area contributed by atoms with Gasteiger partial charge in [0, 0.05) is 23.2 Å². The van der Waals surface area contributed by atoms with E-state index in [1.54, 1.807) is 6.07 Å². The largest absolute Gasteiger partial charge is 0.493 e. The number of ether oxygens (including phenoxy) is 2. The van der Waals surface area contributed by atoms with Crippen LogP contribution in [0.2, 0.25) is 0 Å². The molecule has 8 nitrogen and oxygen atoms in total. The van der Waals surface area contributed by atoms with Crippen LogP contribution in [-0.4, -0.2) is 31.1 Å². The Labute approximate surface area is 157 Å². The number of methoxy groups -OCH3 is 2. The van der Waals surface area contributed by atoms with E-state index in [0.29, 0.717) is 5.75 Å². The van der Waals surface area contributed by atoms with Gasteiger partial charge in [0.05, 0.1) is 30.1 Å². The molecule has 0 aliphatic carbocycles. The maximum atomic E-state index is 12.5. The first-order valence-corrected chi connectivity index (χ1v) is 10.4. The van der Waals surface area contributed by atoms with E-state index in [2.05, 4.69) is 4.72 Å². The summed E-state index contributed by atoms with van der Waals surface area (Å²) in [6.45, 7) is 0. The van der Waals surface area contributed by atoms with Crippen molar-refractivity contribution in [2.75, 3.05) is 18.9 Å². The zero-order chi connectivity index (χ0) is 20.1. The summed E-state index contributed by atoms with van der Waals surface area (Å²) in [4.78, 5) is -0.114. The van der Waals surface area contributed by atoms with E-state index in [4.69, 9.17) is 14.7 Å². The summed E-state index contributed by atoms with van der Waals surface area (Å²) < 4.78 is 61.4. The Kier molecular flexibility index (Phi) is 6.09. The summed E-state index contributed by atoms with van der Waals surface area (Å²) in [5.41, 5.74) is 0.174. The Morgan fingerprint density at radius 1 is 0.926 bits per heavy atom. The van der Waals surface area contributed by atoms with Crippen molar-refractivity contribution in [3.8, 4) is 17.6 Å². The van der Waals surface area contributed by atoms with Crippen molar-refractivity contribution in [3.05, 3.63) is 53.9 Å². The molecule has 0 aliphatic heterocycles. The number of hydrogen-bond donors (Lipinski definition) is 1. The molecule has 2 aromatic rings. The number of rotatable bonds is 7. The topological polar surface area (TPSA) is 123 Å². The maximum Gasteiger partial charge on any atom is 0.262 e. The number of allylic oxidation sites excluding steroid dienone is 1. The van der Waals surface area contributed by atoms with Gasteiger partial charge in [-0.3, -0.25) is 4.72 Å². The Hall–Kier alpha value is -3.03. The average Bonchev–Trinajstić information content (AvgIpc) is 2.66. The van der Waals surface area contributed by atoms with Crippen LogP contribution in [0.25, 0.3) is 0 Å². The lowest BCUT2D eigenvalue weighted by Gasteiger charge is -2.12. The van der Waals surface area contributed by atoms with Crippen molar-refractivity contribution in [1.29, 1.82) is 5.26 Å². The molecule has 10 heteroatoms. The Morgan fingerprint density at radius 3 is 2.07 bits per heavy atom. The molecule has 0 saturated heterocycles. The lowest BCUT2D eigenvalue weighted by Crippen LogP contribution is -2.13. The van der Waals surface area contributed by atoms with Crippen LogP contribution in [0, 0.1) is 11.3 Å². The van der Waals surface area contributed by atoms with Crippen LogP contribution >= 0.6 is 0 Å². The summed E-state index contributed by atoms with van der Waals surface area (Å²) in [6.07, 6.45) is 0.850. The Morgan fingerprint density at radius 2 is 1.52 bits per heavy atom. The molecule has 0 amide bonds. The fourth-order valence-corrected chi connectivity index (χ4v) is 4.10. The van der Waals surface area contributed by atoms with Crippen LogP contribution in [0.5, 0.6) is 11.5 Å². The van der Waals surface area contributed by atoms with Crippen LogP contribution in [0.3, 0.4) is 0 Å². The summed E-state index contributed by atoms with van der Waals surface area (Å²) >= 11 is 0. The van der Waals surface area contributed by atoms with Crippen molar-refractivity contribution >= 4 is 25.5 Å². The molecule has 0 aromatic heterocycles. The highest BCUT2D eigenvalue weighted by molar-refractivity contribution is 7.94. The highest BCUT2D eigenvalue weighted by Gasteiger charge is 2.18. The van der Waals surface area contributed by atoms with Crippen molar-refractivity contribution in [3.63, 3.8) is 0 Å². The maximum absolute atomic E-state index is 12.5. The van der Waals surface area contributed by atoms with Crippen molar-refractivity contribution in [2.45, 2.75) is 9.79 Å². The molecule has 0 radical (unpaired) electrons. The molecule has 0 aliphatic rings. The highest BCUT2D eigenvalue weighted by Crippen LogP contribution is 2.30. The number of benzene rings is 2. The summed E-state index contributed by atoms with van der Waals surface area (Å²) in [5, 5.41) is 9.21. The van der Waals surface area contributed by atoms with E-state index in [1.807, 2.05) is 0 Å². The molecule has 0 fully saturated rings. The van der Waals surface area contributed by atoms with E-state index in [0.717, 1.165) is 11.5 Å². The van der Waals surface area contributed by atoms with Gasteiger partial charge in [0.1, 0.15) is 0 Å². The van der Waals surface area contributed by atoms with Crippen molar-refractivity contribution in [2.24, 2.45) is 0 Å². The molecule has 0 heterocycles. The SMILES string of the molecule is COc1ccc(S(=O)(=O)Nc2ccc(S(=O)(=O)C=CC#N)cc2)cc1OC. The minimum Gasteiger partial charge on any atom is -0.493 e. The number of hydrogen-bond acceptors (Lipinski definition) is 7. The molecule has 0 saturated carbocycles. The number of sulfone groups is 1. The van der Waals surface area contributed by atoms with Crippen LogP contribution in [0.4, 0.5) is 5.69 Å². The van der Waals surface area contributed by atoms with Gasteiger partial charge in [0.15, 0.2) is 11.5 Å². The molecule has 0 spiro atoms. The van der Waals surface area contributed by atoms with Crippen LogP contribution in [-0.2, 0) is 19.9 Å². The number of sulfonamides is 1. The van der Waals surface area contributed by atoms with Gasteiger partial charge in [0.2, 0.25) is 9.84 Å². The first-order chi connectivity index (χ1) is 12.7. The third kappa shape index (κ3) is 4.78. The van der Waals surface area contributed by atoms with E-state index in [9.17, 15) is 16.8 Å². The number of nitriles is 1. The van der Waals surface area contributed by atoms with Gasteiger partial charge in [0.25, 0.3) is 10.0 Å². The molecule has 0 atom stereocenters. The first-order valence-electron chi connectivity index (χ1n) is 7.39. The van der Waals surface area contributed by atoms with E-state index in [-0.39, 0.29) is 21.2 Å². The molecule has 2 rings (SSSR count). The number of anilines is 1. The van der Waals surface area contributed by atoms with Crippen molar-refractivity contribution < 1.29 is 26.3 Å². The summed E-state index contributed by atoms with van der Waals surface area (Å²) in [7, 11) is -4.86. The highest BCUT2D eigenvalue weighted by atomic mass is 32.2. The third-order valence-corrected chi connectivity index (χ3v) is 6.22. The monoisotopic (exact) mass is 408 g/mol. The van der Waals surface area contributed by atoms with Crippen molar-refractivity contribution in [1.82, 2.24) is 0 Å².